The number of hydrogen-bond acceptors (Lipinski definition) is 2. The molecule has 51 valence electrons. The predicted octanol–water partition coefficient (Wildman–Crippen LogP) is 0.709. The summed E-state index contributed by atoms with van der Waals surface area (Å²) in [6.07, 6.45) is 1.84. The zero-order valence-corrected chi connectivity index (χ0v) is 5.22. The predicted molar refractivity (Wildman–Crippen MR) is 32.9 cm³/mol. The first-order chi connectivity index (χ1) is 4.33. The molecule has 1 N–H and O–H groups in total. The van der Waals surface area contributed by atoms with Crippen LogP contribution in [0.25, 0.3) is 0 Å². The molecular formula is C6H10NO2. The lowest BCUT2D eigenvalue weighted by Crippen LogP contribution is -2.26. The Morgan fingerprint density at radius 3 is 2.89 bits per heavy atom. The summed E-state index contributed by atoms with van der Waals surface area (Å²) in [5.41, 5.74) is 0. The molecule has 0 bridgehead atoms. The van der Waals surface area contributed by atoms with Gasteiger partial charge in [0.15, 0.2) is 0 Å². The van der Waals surface area contributed by atoms with Gasteiger partial charge in [0.25, 0.3) is 0 Å². The second kappa shape index (κ2) is 2.71. The van der Waals surface area contributed by atoms with E-state index in [2.05, 4.69) is 17.0 Å². The number of ether oxygens (including phenoxy) is 1. The number of amides is 1. The van der Waals surface area contributed by atoms with Crippen molar-refractivity contribution < 1.29 is 9.53 Å². The summed E-state index contributed by atoms with van der Waals surface area (Å²) in [6, 6.07) is 0.379. The Morgan fingerprint density at radius 2 is 2.44 bits per heavy atom. The third-order valence-electron chi connectivity index (χ3n) is 1.13. The highest BCUT2D eigenvalue weighted by Gasteiger charge is 2.23. The van der Waals surface area contributed by atoms with Gasteiger partial charge < -0.3 is 10.1 Å². The van der Waals surface area contributed by atoms with Crippen molar-refractivity contribution >= 4 is 6.09 Å². The maximum absolute atomic E-state index is 10.5. The van der Waals surface area contributed by atoms with Crippen molar-refractivity contribution in [3.63, 3.8) is 0 Å². The molecule has 1 aliphatic carbocycles. The van der Waals surface area contributed by atoms with Gasteiger partial charge in [-0.15, -0.1) is 0 Å². The number of nitrogens with one attached hydrogen (secondary N) is 1. The van der Waals surface area contributed by atoms with Crippen LogP contribution < -0.4 is 5.32 Å². The molecule has 1 saturated carbocycles. The van der Waals surface area contributed by atoms with Gasteiger partial charge in [0.1, 0.15) is 0 Å². The van der Waals surface area contributed by atoms with Crippen LogP contribution in [0.3, 0.4) is 0 Å². The lowest BCUT2D eigenvalue weighted by molar-refractivity contribution is 0.157. The van der Waals surface area contributed by atoms with Crippen molar-refractivity contribution in [2.24, 2.45) is 0 Å². The van der Waals surface area contributed by atoms with Gasteiger partial charge in [-0.05, 0) is 19.8 Å². The number of alkyl carbamates (subject to hydrolysis) is 1. The second-order valence-corrected chi connectivity index (χ2v) is 2.05. The van der Waals surface area contributed by atoms with Gasteiger partial charge in [0.2, 0.25) is 0 Å². The van der Waals surface area contributed by atoms with Crippen LogP contribution in [0.1, 0.15) is 12.8 Å². The first kappa shape index (κ1) is 6.39. The molecule has 0 aromatic rings. The van der Waals surface area contributed by atoms with Crippen molar-refractivity contribution in [3.05, 3.63) is 6.92 Å². The van der Waals surface area contributed by atoms with Crippen molar-refractivity contribution in [2.45, 2.75) is 18.9 Å². The summed E-state index contributed by atoms with van der Waals surface area (Å²) in [5.74, 6) is 0. The normalized spacial score (nSPS) is 17.0. The molecule has 1 rings (SSSR count). The maximum Gasteiger partial charge on any atom is 0.407 e. The summed E-state index contributed by atoms with van der Waals surface area (Å²) in [5, 5.41) is 2.65. The fraction of sp³-hybridized carbons (Fsp3) is 0.667. The Bertz CT molecular complexity index is 110. The minimum atomic E-state index is -0.340. The minimum Gasteiger partial charge on any atom is -0.450 e. The largest absolute Gasteiger partial charge is 0.450 e. The molecule has 1 aliphatic rings. The van der Waals surface area contributed by atoms with Crippen LogP contribution in [0.2, 0.25) is 0 Å². The molecule has 9 heavy (non-hydrogen) atoms. The highest BCUT2D eigenvalue weighted by molar-refractivity contribution is 5.67. The van der Waals surface area contributed by atoms with Gasteiger partial charge in [0, 0.05) is 6.04 Å². The van der Waals surface area contributed by atoms with Crippen LogP contribution in [0.5, 0.6) is 0 Å². The second-order valence-electron chi connectivity index (χ2n) is 2.05. The average molecular weight is 128 g/mol. The zero-order valence-electron chi connectivity index (χ0n) is 5.22. The molecule has 1 radical (unpaired) electrons. The summed E-state index contributed by atoms with van der Waals surface area (Å²) in [4.78, 5) is 10.5. The van der Waals surface area contributed by atoms with E-state index in [0.29, 0.717) is 6.04 Å². The first-order valence-electron chi connectivity index (χ1n) is 3.05. The highest BCUT2D eigenvalue weighted by atomic mass is 16.5. The van der Waals surface area contributed by atoms with E-state index in [4.69, 9.17) is 0 Å². The topological polar surface area (TPSA) is 38.3 Å². The third kappa shape index (κ3) is 2.35. The smallest absolute Gasteiger partial charge is 0.407 e. The summed E-state index contributed by atoms with van der Waals surface area (Å²) in [6.45, 7) is 3.58. The molecule has 0 unspecified atom stereocenters. The lowest BCUT2D eigenvalue weighted by Gasteiger charge is -2.00. The van der Waals surface area contributed by atoms with Crippen LogP contribution in [0, 0.1) is 6.92 Å². The average Bonchev–Trinajstić information content (AvgIpc) is 2.50. The number of hydrogen-bond donors (Lipinski definition) is 1. The van der Waals surface area contributed by atoms with E-state index < -0.39 is 0 Å². The van der Waals surface area contributed by atoms with E-state index in [1.54, 1.807) is 0 Å². The van der Waals surface area contributed by atoms with Crippen LogP contribution in [0.4, 0.5) is 4.79 Å². The standard InChI is InChI=1S/C6H10NO2/c1-2-9-6(8)7-5-3-4-5/h5H,1-4H2,(H,7,8). The van der Waals surface area contributed by atoms with Gasteiger partial charge >= 0.3 is 6.09 Å². The summed E-state index contributed by atoms with van der Waals surface area (Å²) >= 11 is 0. The van der Waals surface area contributed by atoms with E-state index in [9.17, 15) is 4.79 Å². The molecule has 1 fully saturated rings. The quantitative estimate of drug-likeness (QED) is 0.594. The fourth-order valence-corrected chi connectivity index (χ4v) is 0.529. The maximum atomic E-state index is 10.5. The summed E-state index contributed by atoms with van der Waals surface area (Å²) in [7, 11) is 0. The van der Waals surface area contributed by atoms with Crippen LogP contribution >= 0.6 is 0 Å². The van der Waals surface area contributed by atoms with Gasteiger partial charge in [-0.1, -0.05) is 0 Å². The van der Waals surface area contributed by atoms with Gasteiger partial charge in [-0.25, -0.2) is 4.79 Å². The number of carbonyl (C=O) groups excluding carboxylic acids is 1. The first-order valence-corrected chi connectivity index (χ1v) is 3.05. The molecule has 3 heteroatoms. The Hall–Kier alpha value is -0.730. The van der Waals surface area contributed by atoms with Crippen LogP contribution in [-0.2, 0) is 4.74 Å². The Morgan fingerprint density at radius 1 is 1.78 bits per heavy atom. The third-order valence-corrected chi connectivity index (χ3v) is 1.13. The van der Waals surface area contributed by atoms with E-state index in [1.807, 2.05) is 0 Å². The van der Waals surface area contributed by atoms with E-state index in [-0.39, 0.29) is 12.7 Å². The minimum absolute atomic E-state index is 0.207. The van der Waals surface area contributed by atoms with Crippen molar-refractivity contribution in [1.29, 1.82) is 0 Å². The molecule has 0 saturated heterocycles. The van der Waals surface area contributed by atoms with Crippen molar-refractivity contribution in [3.8, 4) is 0 Å². The molecule has 0 heterocycles. The SMILES string of the molecule is [CH2]COC(=O)NC1CC1. The number of carbonyl (C=O) groups is 1. The van der Waals surface area contributed by atoms with Crippen LogP contribution in [-0.4, -0.2) is 18.7 Å². The van der Waals surface area contributed by atoms with Gasteiger partial charge in [0.05, 0.1) is 6.61 Å². The van der Waals surface area contributed by atoms with Gasteiger partial charge in [-0.2, -0.15) is 0 Å². The number of rotatable bonds is 2. The molecule has 0 spiro atoms. The Balaban J connectivity index is 2.02. The monoisotopic (exact) mass is 128 g/mol. The molecular weight excluding hydrogens is 118 g/mol. The zero-order chi connectivity index (χ0) is 6.69. The molecule has 0 atom stereocenters. The highest BCUT2D eigenvalue weighted by Crippen LogP contribution is 2.18. The van der Waals surface area contributed by atoms with E-state index in [1.165, 1.54) is 0 Å². The van der Waals surface area contributed by atoms with Gasteiger partial charge in [-0.3, -0.25) is 0 Å². The molecule has 1 amide bonds. The fourth-order valence-electron chi connectivity index (χ4n) is 0.529. The van der Waals surface area contributed by atoms with E-state index >= 15 is 0 Å². The molecule has 0 aliphatic heterocycles. The van der Waals surface area contributed by atoms with Crippen LogP contribution in [0.15, 0.2) is 0 Å². The Labute approximate surface area is 54.4 Å². The Kier molecular flexibility index (Phi) is 1.92. The molecule has 3 nitrogen and oxygen atoms in total. The summed E-state index contributed by atoms with van der Waals surface area (Å²) < 4.78 is 4.53. The molecule has 0 aromatic carbocycles. The molecule has 0 aromatic heterocycles. The van der Waals surface area contributed by atoms with E-state index in [0.717, 1.165) is 12.8 Å². The lowest BCUT2D eigenvalue weighted by atomic mass is 10.7. The van der Waals surface area contributed by atoms with Crippen molar-refractivity contribution in [2.75, 3.05) is 6.61 Å². The van der Waals surface area contributed by atoms with Crippen molar-refractivity contribution in [1.82, 2.24) is 5.32 Å².